The summed E-state index contributed by atoms with van der Waals surface area (Å²) in [5.74, 6) is -0.00558. The molecule has 1 aromatic rings. The molecule has 0 radical (unpaired) electrons. The lowest BCUT2D eigenvalue weighted by molar-refractivity contribution is -0.158. The smallest absolute Gasteiger partial charge is 0.254 e. The van der Waals surface area contributed by atoms with Crippen molar-refractivity contribution in [3.8, 4) is 0 Å². The van der Waals surface area contributed by atoms with Crippen molar-refractivity contribution in [2.45, 2.75) is 26.0 Å². The summed E-state index contributed by atoms with van der Waals surface area (Å²) < 4.78 is 10.8. The van der Waals surface area contributed by atoms with Gasteiger partial charge in [-0.05, 0) is 24.1 Å². The van der Waals surface area contributed by atoms with E-state index in [4.69, 9.17) is 15.2 Å². The number of nitrogens with zero attached hydrogens (tertiary/aromatic N) is 1. The first kappa shape index (κ1) is 14.8. The first-order chi connectivity index (χ1) is 9.70. The Morgan fingerprint density at radius 1 is 1.45 bits per heavy atom. The second-order valence-electron chi connectivity index (χ2n) is 4.94. The highest BCUT2D eigenvalue weighted by atomic mass is 16.6. The Kier molecular flexibility index (Phi) is 5.38. The predicted octanol–water partition coefficient (Wildman–Crippen LogP) is 1.42. The van der Waals surface area contributed by atoms with Gasteiger partial charge in [0.2, 0.25) is 0 Å². The maximum Gasteiger partial charge on any atom is 0.254 e. The van der Waals surface area contributed by atoms with E-state index in [1.165, 1.54) is 0 Å². The number of carbonyl (C=O) groups is 1. The molecule has 0 spiro atoms. The van der Waals surface area contributed by atoms with Gasteiger partial charge in [-0.3, -0.25) is 4.79 Å². The molecule has 0 aliphatic carbocycles. The third kappa shape index (κ3) is 3.95. The molecule has 0 bridgehead atoms. The molecule has 20 heavy (non-hydrogen) atoms. The maximum atomic E-state index is 12.5. The number of amides is 1. The van der Waals surface area contributed by atoms with E-state index in [9.17, 15) is 4.79 Å². The Hall–Kier alpha value is -1.59. The first-order valence-electron chi connectivity index (χ1n) is 7.03. The average Bonchev–Trinajstić information content (AvgIpc) is 2.47. The summed E-state index contributed by atoms with van der Waals surface area (Å²) in [4.78, 5) is 14.3. The molecule has 5 heteroatoms. The molecule has 1 atom stereocenters. The fraction of sp³-hybridized carbons (Fsp3) is 0.533. The fourth-order valence-electron chi connectivity index (χ4n) is 2.28. The molecule has 2 N–H and O–H groups in total. The van der Waals surface area contributed by atoms with Gasteiger partial charge in [-0.15, -0.1) is 0 Å². The maximum absolute atomic E-state index is 12.5. The lowest BCUT2D eigenvalue weighted by Gasteiger charge is -2.29. The van der Waals surface area contributed by atoms with Crippen molar-refractivity contribution in [1.82, 2.24) is 4.90 Å². The van der Waals surface area contributed by atoms with E-state index in [1.807, 2.05) is 29.2 Å². The van der Waals surface area contributed by atoms with Gasteiger partial charge in [0.25, 0.3) is 5.91 Å². The molecule has 1 heterocycles. The van der Waals surface area contributed by atoms with Gasteiger partial charge in [-0.25, -0.2) is 0 Å². The lowest BCUT2D eigenvalue weighted by atomic mass is 10.1. The SMILES string of the molecule is CCCN(Cc1cccc(N)c1)C(=O)C1COCCO1. The number of anilines is 1. The van der Waals surface area contributed by atoms with Crippen LogP contribution in [-0.4, -0.2) is 43.3 Å². The lowest BCUT2D eigenvalue weighted by Crippen LogP contribution is -2.45. The number of benzene rings is 1. The highest BCUT2D eigenvalue weighted by Crippen LogP contribution is 2.13. The number of hydrogen-bond acceptors (Lipinski definition) is 4. The summed E-state index contributed by atoms with van der Waals surface area (Å²) in [6.07, 6.45) is 0.429. The van der Waals surface area contributed by atoms with Crippen molar-refractivity contribution in [3.05, 3.63) is 29.8 Å². The zero-order chi connectivity index (χ0) is 14.4. The minimum atomic E-state index is -0.476. The number of carbonyl (C=O) groups excluding carboxylic acids is 1. The van der Waals surface area contributed by atoms with Crippen molar-refractivity contribution in [2.75, 3.05) is 32.1 Å². The van der Waals surface area contributed by atoms with Crippen LogP contribution in [0.3, 0.4) is 0 Å². The van der Waals surface area contributed by atoms with Gasteiger partial charge in [-0.2, -0.15) is 0 Å². The van der Waals surface area contributed by atoms with Crippen molar-refractivity contribution in [3.63, 3.8) is 0 Å². The topological polar surface area (TPSA) is 64.8 Å². The van der Waals surface area contributed by atoms with Crippen LogP contribution in [0.4, 0.5) is 5.69 Å². The molecule has 0 saturated carbocycles. The van der Waals surface area contributed by atoms with Crippen LogP contribution in [0.5, 0.6) is 0 Å². The Balaban J connectivity index is 2.03. The van der Waals surface area contributed by atoms with Gasteiger partial charge in [0.1, 0.15) is 0 Å². The summed E-state index contributed by atoms with van der Waals surface area (Å²) in [6, 6.07) is 7.62. The number of nitrogens with two attached hydrogens (primary N) is 1. The van der Waals surface area contributed by atoms with Crippen LogP contribution in [0.25, 0.3) is 0 Å². The molecule has 0 aromatic heterocycles. The van der Waals surface area contributed by atoms with E-state index in [0.29, 0.717) is 38.6 Å². The molecule has 2 rings (SSSR count). The van der Waals surface area contributed by atoms with E-state index >= 15 is 0 Å². The molecule has 110 valence electrons. The standard InChI is InChI=1S/C15H22N2O3/c1-2-6-17(10-12-4-3-5-13(16)9-12)15(18)14-11-19-7-8-20-14/h3-5,9,14H,2,6-8,10-11,16H2,1H3. The van der Waals surface area contributed by atoms with Gasteiger partial charge in [0, 0.05) is 18.8 Å². The predicted molar refractivity (Wildman–Crippen MR) is 77.1 cm³/mol. The molecule has 1 saturated heterocycles. The van der Waals surface area contributed by atoms with Gasteiger partial charge < -0.3 is 20.1 Å². The Bertz CT molecular complexity index is 444. The van der Waals surface area contributed by atoms with Crippen molar-refractivity contribution in [1.29, 1.82) is 0 Å². The van der Waals surface area contributed by atoms with Crippen LogP contribution in [0, 0.1) is 0 Å². The monoisotopic (exact) mass is 278 g/mol. The highest BCUT2D eigenvalue weighted by molar-refractivity contribution is 5.81. The number of nitrogen functional groups attached to an aromatic ring is 1. The van der Waals surface area contributed by atoms with Crippen LogP contribution in [-0.2, 0) is 20.8 Å². The summed E-state index contributed by atoms with van der Waals surface area (Å²) in [5.41, 5.74) is 7.52. The summed E-state index contributed by atoms with van der Waals surface area (Å²) in [5, 5.41) is 0. The molecule has 1 unspecified atom stereocenters. The van der Waals surface area contributed by atoms with Gasteiger partial charge >= 0.3 is 0 Å². The normalized spacial score (nSPS) is 18.8. The highest BCUT2D eigenvalue weighted by Gasteiger charge is 2.27. The third-order valence-electron chi connectivity index (χ3n) is 3.22. The minimum Gasteiger partial charge on any atom is -0.399 e. The minimum absolute atomic E-state index is 0.00558. The quantitative estimate of drug-likeness (QED) is 0.827. The van der Waals surface area contributed by atoms with E-state index < -0.39 is 6.10 Å². The first-order valence-corrected chi connectivity index (χ1v) is 7.03. The van der Waals surface area contributed by atoms with Crippen molar-refractivity contribution in [2.24, 2.45) is 0 Å². The largest absolute Gasteiger partial charge is 0.399 e. The number of ether oxygens (including phenoxy) is 2. The summed E-state index contributed by atoms with van der Waals surface area (Å²) in [7, 11) is 0. The molecule has 5 nitrogen and oxygen atoms in total. The zero-order valence-electron chi connectivity index (χ0n) is 11.9. The molecular formula is C15H22N2O3. The Morgan fingerprint density at radius 3 is 2.95 bits per heavy atom. The van der Waals surface area contributed by atoms with E-state index in [2.05, 4.69) is 6.92 Å². The second-order valence-corrected chi connectivity index (χ2v) is 4.94. The molecular weight excluding hydrogens is 256 g/mol. The molecule has 1 aliphatic rings. The molecule has 1 aliphatic heterocycles. The number of hydrogen-bond donors (Lipinski definition) is 1. The Labute approximate surface area is 119 Å². The van der Waals surface area contributed by atoms with Crippen LogP contribution in [0.1, 0.15) is 18.9 Å². The van der Waals surface area contributed by atoms with Crippen LogP contribution < -0.4 is 5.73 Å². The van der Waals surface area contributed by atoms with E-state index in [0.717, 1.165) is 12.0 Å². The van der Waals surface area contributed by atoms with Crippen molar-refractivity contribution >= 4 is 11.6 Å². The van der Waals surface area contributed by atoms with Crippen LogP contribution >= 0.6 is 0 Å². The van der Waals surface area contributed by atoms with Gasteiger partial charge in [-0.1, -0.05) is 19.1 Å². The number of rotatable bonds is 5. The Morgan fingerprint density at radius 2 is 2.30 bits per heavy atom. The van der Waals surface area contributed by atoms with Gasteiger partial charge in [0.15, 0.2) is 6.10 Å². The zero-order valence-corrected chi connectivity index (χ0v) is 11.9. The van der Waals surface area contributed by atoms with E-state index in [-0.39, 0.29) is 5.91 Å². The molecule has 1 amide bonds. The van der Waals surface area contributed by atoms with E-state index in [1.54, 1.807) is 0 Å². The van der Waals surface area contributed by atoms with Crippen LogP contribution in [0.2, 0.25) is 0 Å². The second kappa shape index (κ2) is 7.26. The molecule has 1 aromatic carbocycles. The average molecular weight is 278 g/mol. The summed E-state index contributed by atoms with van der Waals surface area (Å²) in [6.45, 7) is 4.69. The molecule has 1 fully saturated rings. The van der Waals surface area contributed by atoms with Crippen molar-refractivity contribution < 1.29 is 14.3 Å². The summed E-state index contributed by atoms with van der Waals surface area (Å²) >= 11 is 0. The fourth-order valence-corrected chi connectivity index (χ4v) is 2.28. The van der Waals surface area contributed by atoms with Crippen LogP contribution in [0.15, 0.2) is 24.3 Å². The third-order valence-corrected chi connectivity index (χ3v) is 3.22. The van der Waals surface area contributed by atoms with Gasteiger partial charge in [0.05, 0.1) is 19.8 Å².